The van der Waals surface area contributed by atoms with Gasteiger partial charge in [0.25, 0.3) is 0 Å². The second-order valence-electron chi connectivity index (χ2n) is 5.13. The molecule has 19 heavy (non-hydrogen) atoms. The van der Waals surface area contributed by atoms with Gasteiger partial charge in [-0.3, -0.25) is 4.99 Å². The van der Waals surface area contributed by atoms with E-state index in [0.29, 0.717) is 5.96 Å². The summed E-state index contributed by atoms with van der Waals surface area (Å²) in [7, 11) is 0. The van der Waals surface area contributed by atoms with Crippen LogP contribution in [0.5, 0.6) is 0 Å². The summed E-state index contributed by atoms with van der Waals surface area (Å²) < 4.78 is 0. The number of benzene rings is 1. The maximum Gasteiger partial charge on any atom is 0.188 e. The van der Waals surface area contributed by atoms with Crippen LogP contribution in [0.15, 0.2) is 29.3 Å². The van der Waals surface area contributed by atoms with E-state index in [4.69, 9.17) is 5.73 Å². The Morgan fingerprint density at radius 2 is 2.11 bits per heavy atom. The van der Waals surface area contributed by atoms with Gasteiger partial charge in [0, 0.05) is 13.1 Å². The molecule has 2 rings (SSSR count). The van der Waals surface area contributed by atoms with Crippen molar-refractivity contribution >= 4 is 29.9 Å². The lowest BCUT2D eigenvalue weighted by molar-refractivity contribution is 0.326. The van der Waals surface area contributed by atoms with Crippen LogP contribution in [-0.4, -0.2) is 19.0 Å². The molecular weight excluding hydrogens is 349 g/mol. The summed E-state index contributed by atoms with van der Waals surface area (Å²) in [6.45, 7) is 3.89. The standard InChI is InChI=1S/C15H23N3.HI/c1-12-5-2-3-8-14(12)9-10-17-15(16)18-11-13-6-4-7-13;/h2-3,5,8,13H,4,6-7,9-11H2,1H3,(H3,16,17,18);1H. The normalized spacial score (nSPS) is 15.5. The SMILES string of the molecule is Cc1ccccc1CCNC(N)=NCC1CCC1.I. The van der Waals surface area contributed by atoms with Gasteiger partial charge in [0.1, 0.15) is 0 Å². The number of halogens is 1. The quantitative estimate of drug-likeness (QED) is 0.474. The van der Waals surface area contributed by atoms with Gasteiger partial charge in [-0.15, -0.1) is 24.0 Å². The fourth-order valence-corrected chi connectivity index (χ4v) is 2.17. The van der Waals surface area contributed by atoms with Crippen molar-refractivity contribution in [1.29, 1.82) is 0 Å². The lowest BCUT2D eigenvalue weighted by atomic mass is 9.86. The Morgan fingerprint density at radius 3 is 2.74 bits per heavy atom. The molecule has 0 radical (unpaired) electrons. The minimum Gasteiger partial charge on any atom is -0.370 e. The Balaban J connectivity index is 0.00000180. The van der Waals surface area contributed by atoms with E-state index in [9.17, 15) is 0 Å². The predicted molar refractivity (Wildman–Crippen MR) is 92.1 cm³/mol. The van der Waals surface area contributed by atoms with E-state index in [1.807, 2.05) is 0 Å². The average molecular weight is 373 g/mol. The van der Waals surface area contributed by atoms with Gasteiger partial charge < -0.3 is 11.1 Å². The van der Waals surface area contributed by atoms with Crippen molar-refractivity contribution in [2.75, 3.05) is 13.1 Å². The zero-order valence-electron chi connectivity index (χ0n) is 11.6. The predicted octanol–water partition coefficient (Wildman–Crippen LogP) is 2.86. The molecule has 1 saturated carbocycles. The Hall–Kier alpha value is -0.780. The Bertz CT molecular complexity index is 414. The molecule has 0 saturated heterocycles. The summed E-state index contributed by atoms with van der Waals surface area (Å²) >= 11 is 0. The summed E-state index contributed by atoms with van der Waals surface area (Å²) in [5.74, 6) is 1.37. The molecule has 1 aliphatic carbocycles. The van der Waals surface area contributed by atoms with Gasteiger partial charge in [-0.2, -0.15) is 0 Å². The van der Waals surface area contributed by atoms with Crippen LogP contribution in [-0.2, 0) is 6.42 Å². The smallest absolute Gasteiger partial charge is 0.188 e. The summed E-state index contributed by atoms with van der Waals surface area (Å²) in [5, 5.41) is 3.19. The Kier molecular flexibility index (Phi) is 7.20. The molecule has 106 valence electrons. The third-order valence-corrected chi connectivity index (χ3v) is 3.71. The van der Waals surface area contributed by atoms with Crippen LogP contribution in [0.2, 0.25) is 0 Å². The van der Waals surface area contributed by atoms with Crippen molar-refractivity contribution in [3.05, 3.63) is 35.4 Å². The summed E-state index contributed by atoms with van der Waals surface area (Å²) in [4.78, 5) is 4.38. The molecule has 0 aromatic heterocycles. The van der Waals surface area contributed by atoms with E-state index in [1.54, 1.807) is 0 Å². The topological polar surface area (TPSA) is 50.4 Å². The van der Waals surface area contributed by atoms with Crippen LogP contribution in [0.25, 0.3) is 0 Å². The number of nitrogens with zero attached hydrogens (tertiary/aromatic N) is 1. The van der Waals surface area contributed by atoms with E-state index < -0.39 is 0 Å². The minimum absolute atomic E-state index is 0. The van der Waals surface area contributed by atoms with Crippen molar-refractivity contribution in [2.45, 2.75) is 32.6 Å². The molecule has 1 fully saturated rings. The molecule has 4 heteroatoms. The zero-order valence-corrected chi connectivity index (χ0v) is 13.9. The first-order valence-corrected chi connectivity index (χ1v) is 6.84. The van der Waals surface area contributed by atoms with Crippen molar-refractivity contribution in [3.8, 4) is 0 Å². The first-order chi connectivity index (χ1) is 8.75. The maximum absolute atomic E-state index is 5.84. The van der Waals surface area contributed by atoms with E-state index in [0.717, 1.165) is 25.4 Å². The molecule has 3 N–H and O–H groups in total. The van der Waals surface area contributed by atoms with E-state index in [-0.39, 0.29) is 24.0 Å². The number of rotatable bonds is 5. The molecule has 3 nitrogen and oxygen atoms in total. The lowest BCUT2D eigenvalue weighted by Crippen LogP contribution is -2.34. The molecule has 0 atom stereocenters. The van der Waals surface area contributed by atoms with Crippen LogP contribution in [0.1, 0.15) is 30.4 Å². The van der Waals surface area contributed by atoms with Gasteiger partial charge in [-0.05, 0) is 43.2 Å². The minimum atomic E-state index is 0. The number of hydrogen-bond donors (Lipinski definition) is 2. The molecule has 0 bridgehead atoms. The molecule has 1 aromatic rings. The first kappa shape index (κ1) is 16.3. The number of hydrogen-bond acceptors (Lipinski definition) is 1. The van der Waals surface area contributed by atoms with Crippen molar-refractivity contribution in [2.24, 2.45) is 16.6 Å². The van der Waals surface area contributed by atoms with E-state index >= 15 is 0 Å². The Morgan fingerprint density at radius 1 is 1.37 bits per heavy atom. The number of nitrogens with one attached hydrogen (secondary N) is 1. The molecule has 0 spiro atoms. The molecule has 0 amide bonds. The number of aryl methyl sites for hydroxylation is 1. The second-order valence-corrected chi connectivity index (χ2v) is 5.13. The molecule has 1 aliphatic rings. The van der Waals surface area contributed by atoms with Crippen LogP contribution < -0.4 is 11.1 Å². The van der Waals surface area contributed by atoms with Gasteiger partial charge in [0.05, 0.1) is 0 Å². The van der Waals surface area contributed by atoms with Crippen LogP contribution >= 0.6 is 24.0 Å². The molecular formula is C15H24IN3. The van der Waals surface area contributed by atoms with Crippen LogP contribution in [0, 0.1) is 12.8 Å². The van der Waals surface area contributed by atoms with Crippen LogP contribution in [0.4, 0.5) is 0 Å². The third kappa shape index (κ3) is 5.38. The van der Waals surface area contributed by atoms with Gasteiger partial charge in [0.15, 0.2) is 5.96 Å². The average Bonchev–Trinajstić information content (AvgIpc) is 2.30. The highest BCUT2D eigenvalue weighted by molar-refractivity contribution is 14.0. The molecule has 0 unspecified atom stereocenters. The van der Waals surface area contributed by atoms with Gasteiger partial charge >= 0.3 is 0 Å². The van der Waals surface area contributed by atoms with Gasteiger partial charge in [-0.1, -0.05) is 30.7 Å². The van der Waals surface area contributed by atoms with E-state index in [2.05, 4.69) is 41.5 Å². The lowest BCUT2D eigenvalue weighted by Gasteiger charge is -2.23. The zero-order chi connectivity index (χ0) is 12.8. The number of nitrogens with two attached hydrogens (primary N) is 1. The monoisotopic (exact) mass is 373 g/mol. The molecule has 0 heterocycles. The summed E-state index contributed by atoms with van der Waals surface area (Å²) in [6, 6.07) is 8.46. The van der Waals surface area contributed by atoms with E-state index in [1.165, 1.54) is 30.4 Å². The van der Waals surface area contributed by atoms with Crippen molar-refractivity contribution in [3.63, 3.8) is 0 Å². The van der Waals surface area contributed by atoms with Gasteiger partial charge in [-0.25, -0.2) is 0 Å². The summed E-state index contributed by atoms with van der Waals surface area (Å²) in [6.07, 6.45) is 4.99. The first-order valence-electron chi connectivity index (χ1n) is 6.84. The van der Waals surface area contributed by atoms with Crippen LogP contribution in [0.3, 0.4) is 0 Å². The Labute approximate surface area is 133 Å². The highest BCUT2D eigenvalue weighted by atomic mass is 127. The molecule has 1 aromatic carbocycles. The maximum atomic E-state index is 5.84. The highest BCUT2D eigenvalue weighted by Crippen LogP contribution is 2.26. The fourth-order valence-electron chi connectivity index (χ4n) is 2.17. The number of guanidine groups is 1. The fraction of sp³-hybridized carbons (Fsp3) is 0.533. The highest BCUT2D eigenvalue weighted by Gasteiger charge is 2.16. The molecule has 0 aliphatic heterocycles. The largest absolute Gasteiger partial charge is 0.370 e. The van der Waals surface area contributed by atoms with Gasteiger partial charge in [0.2, 0.25) is 0 Å². The third-order valence-electron chi connectivity index (χ3n) is 3.71. The summed E-state index contributed by atoms with van der Waals surface area (Å²) in [5.41, 5.74) is 8.55. The van der Waals surface area contributed by atoms with Crippen molar-refractivity contribution < 1.29 is 0 Å². The van der Waals surface area contributed by atoms with Crippen molar-refractivity contribution in [1.82, 2.24) is 5.32 Å². The number of aliphatic imine (C=N–C) groups is 1. The second kappa shape index (κ2) is 8.40.